The topological polar surface area (TPSA) is 103 Å². The molecule has 7 nitrogen and oxygen atoms in total. The van der Waals surface area contributed by atoms with Crippen molar-refractivity contribution >= 4 is 22.9 Å². The highest BCUT2D eigenvalue weighted by molar-refractivity contribution is 6.34. The van der Waals surface area contributed by atoms with E-state index in [1.807, 2.05) is 16.5 Å². The molecule has 1 spiro atoms. The Kier molecular flexibility index (Phi) is 5.45. The van der Waals surface area contributed by atoms with Gasteiger partial charge in [0.25, 0.3) is 0 Å². The summed E-state index contributed by atoms with van der Waals surface area (Å²) in [7, 11) is 0. The summed E-state index contributed by atoms with van der Waals surface area (Å²) in [5.74, 6) is 1.09. The van der Waals surface area contributed by atoms with Gasteiger partial charge in [-0.3, -0.25) is 4.40 Å². The number of benzene rings is 2. The number of aromatic nitrogens is 3. The predicted molar refractivity (Wildman–Crippen MR) is 135 cm³/mol. The van der Waals surface area contributed by atoms with E-state index in [1.54, 1.807) is 30.6 Å². The average molecular weight is 503 g/mol. The van der Waals surface area contributed by atoms with E-state index in [0.717, 1.165) is 29.8 Å². The number of nitrogens with zero attached hydrogens (tertiary/aromatic N) is 5. The first-order chi connectivity index (χ1) is 17.5. The molecule has 1 aliphatic heterocycles. The average Bonchev–Trinajstić information content (AvgIpc) is 3.41. The van der Waals surface area contributed by atoms with Crippen LogP contribution in [0.25, 0.3) is 16.9 Å². The molecule has 2 aromatic heterocycles. The molecule has 0 saturated carbocycles. The van der Waals surface area contributed by atoms with Crippen molar-refractivity contribution in [2.45, 2.75) is 31.9 Å². The van der Waals surface area contributed by atoms with Gasteiger partial charge < -0.3 is 15.7 Å². The highest BCUT2D eigenvalue weighted by Gasteiger charge is 2.47. The Bertz CT molecular complexity index is 1540. The van der Waals surface area contributed by atoms with E-state index in [4.69, 9.17) is 17.3 Å². The van der Waals surface area contributed by atoms with E-state index >= 15 is 0 Å². The molecular formula is C27H24ClFN6O. The minimum absolute atomic E-state index is 0.174. The zero-order valence-electron chi connectivity index (χ0n) is 19.5. The van der Waals surface area contributed by atoms with Crippen molar-refractivity contribution in [1.29, 1.82) is 5.26 Å². The number of nitrogens with two attached hydrogens (primary N) is 1. The van der Waals surface area contributed by atoms with Crippen LogP contribution in [0.4, 0.5) is 10.2 Å². The smallest absolute Gasteiger partial charge is 0.154 e. The molecule has 1 atom stereocenters. The Morgan fingerprint density at radius 3 is 2.72 bits per heavy atom. The molecule has 1 saturated heterocycles. The Morgan fingerprint density at radius 2 is 2.00 bits per heavy atom. The van der Waals surface area contributed by atoms with Gasteiger partial charge in [0.1, 0.15) is 23.2 Å². The number of hydrogen-bond acceptors (Lipinski definition) is 6. The molecule has 0 bridgehead atoms. The van der Waals surface area contributed by atoms with Crippen LogP contribution in [-0.2, 0) is 13.0 Å². The summed E-state index contributed by atoms with van der Waals surface area (Å²) >= 11 is 6.51. The predicted octanol–water partition coefficient (Wildman–Crippen LogP) is 4.40. The summed E-state index contributed by atoms with van der Waals surface area (Å²) < 4.78 is 16.4. The fourth-order valence-electron chi connectivity index (χ4n) is 5.91. The SMILES string of the molecule is N#Cc1cccc(-c2nc(CO)c3c(N4CCC5(CC4)Cc4c(F)cccc4C5N)nccn23)c1Cl. The monoisotopic (exact) mass is 502 g/mol. The third kappa shape index (κ3) is 3.31. The zero-order valence-corrected chi connectivity index (χ0v) is 20.2. The second-order valence-corrected chi connectivity index (χ2v) is 9.98. The Balaban J connectivity index is 1.36. The molecule has 36 heavy (non-hydrogen) atoms. The molecule has 4 aromatic rings. The Labute approximate surface area is 212 Å². The lowest BCUT2D eigenvalue weighted by Crippen LogP contribution is -2.44. The molecule has 1 unspecified atom stereocenters. The lowest BCUT2D eigenvalue weighted by Gasteiger charge is -2.42. The maximum absolute atomic E-state index is 14.5. The standard InChI is InChI=1S/C27H24ClFN6O/c28-22-16(14-30)3-1-5-18(22)25-33-21(15-36)23-26(32-9-12-35(23)25)34-10-7-27(8-11-34)13-19-17(24(27)31)4-2-6-20(19)29/h1-6,9,12,24,36H,7-8,10-11,13,15,31H2. The van der Waals surface area contributed by atoms with Gasteiger partial charge >= 0.3 is 0 Å². The molecule has 3 N–H and O–H groups in total. The number of aliphatic hydroxyl groups is 1. The van der Waals surface area contributed by atoms with E-state index in [1.165, 1.54) is 6.07 Å². The fraction of sp³-hybridized carbons (Fsp3) is 0.296. The summed E-state index contributed by atoms with van der Waals surface area (Å²) in [5, 5.41) is 19.9. The fourth-order valence-corrected chi connectivity index (χ4v) is 6.17. The van der Waals surface area contributed by atoms with Crippen molar-refractivity contribution < 1.29 is 9.50 Å². The van der Waals surface area contributed by atoms with Crippen molar-refractivity contribution in [1.82, 2.24) is 14.4 Å². The molecule has 1 aliphatic carbocycles. The Hall–Kier alpha value is -3.51. The first-order valence-electron chi connectivity index (χ1n) is 11.9. The van der Waals surface area contributed by atoms with Crippen LogP contribution in [0.1, 0.15) is 41.3 Å². The molecular weight excluding hydrogens is 479 g/mol. The van der Waals surface area contributed by atoms with E-state index < -0.39 is 0 Å². The molecule has 9 heteroatoms. The number of halogens is 2. The number of piperidine rings is 1. The molecule has 0 radical (unpaired) electrons. The van der Waals surface area contributed by atoms with Crippen LogP contribution < -0.4 is 10.6 Å². The normalized spacial score (nSPS) is 18.5. The van der Waals surface area contributed by atoms with Crippen LogP contribution in [-0.4, -0.2) is 32.6 Å². The van der Waals surface area contributed by atoms with Crippen molar-refractivity contribution in [2.75, 3.05) is 18.0 Å². The van der Waals surface area contributed by atoms with Crippen molar-refractivity contribution in [3.63, 3.8) is 0 Å². The van der Waals surface area contributed by atoms with Gasteiger partial charge in [0.15, 0.2) is 5.82 Å². The van der Waals surface area contributed by atoms with Crippen molar-refractivity contribution in [3.05, 3.63) is 82.0 Å². The number of imidazole rings is 1. The highest BCUT2D eigenvalue weighted by Crippen LogP contribution is 2.51. The van der Waals surface area contributed by atoms with Gasteiger partial charge in [-0.25, -0.2) is 14.4 Å². The number of nitriles is 1. The van der Waals surface area contributed by atoms with E-state index in [0.29, 0.717) is 52.7 Å². The maximum atomic E-state index is 14.5. The third-order valence-corrected chi connectivity index (χ3v) is 8.26. The van der Waals surface area contributed by atoms with Gasteiger partial charge in [0, 0.05) is 37.1 Å². The molecule has 3 heterocycles. The molecule has 6 rings (SSSR count). The highest BCUT2D eigenvalue weighted by atomic mass is 35.5. The first-order valence-corrected chi connectivity index (χ1v) is 12.3. The number of hydrogen-bond donors (Lipinski definition) is 2. The molecule has 1 fully saturated rings. The second-order valence-electron chi connectivity index (χ2n) is 9.60. The molecule has 2 aliphatic rings. The van der Waals surface area contributed by atoms with Gasteiger partial charge in [0.2, 0.25) is 0 Å². The summed E-state index contributed by atoms with van der Waals surface area (Å²) in [6.07, 6.45) is 5.74. The number of anilines is 1. The van der Waals surface area contributed by atoms with Crippen LogP contribution >= 0.6 is 11.6 Å². The van der Waals surface area contributed by atoms with Crippen LogP contribution in [0.3, 0.4) is 0 Å². The lowest BCUT2D eigenvalue weighted by atomic mass is 9.73. The van der Waals surface area contributed by atoms with Crippen LogP contribution in [0.5, 0.6) is 0 Å². The zero-order chi connectivity index (χ0) is 25.0. The van der Waals surface area contributed by atoms with E-state index in [-0.39, 0.29) is 23.9 Å². The van der Waals surface area contributed by atoms with Crippen LogP contribution in [0, 0.1) is 22.6 Å². The molecule has 182 valence electrons. The summed E-state index contributed by atoms with van der Waals surface area (Å²) in [6, 6.07) is 12.3. The molecule has 0 amide bonds. The third-order valence-electron chi connectivity index (χ3n) is 7.85. The van der Waals surface area contributed by atoms with E-state index in [9.17, 15) is 14.8 Å². The minimum atomic E-state index is -0.269. The van der Waals surface area contributed by atoms with Gasteiger partial charge in [-0.05, 0) is 54.0 Å². The maximum Gasteiger partial charge on any atom is 0.154 e. The second kappa shape index (κ2) is 8.56. The molecule has 2 aromatic carbocycles. The lowest BCUT2D eigenvalue weighted by molar-refractivity contribution is 0.186. The number of fused-ring (bicyclic) bond motifs is 2. The van der Waals surface area contributed by atoms with Crippen molar-refractivity contribution in [3.8, 4) is 17.5 Å². The van der Waals surface area contributed by atoms with Crippen LogP contribution in [0.2, 0.25) is 5.02 Å². The Morgan fingerprint density at radius 1 is 1.22 bits per heavy atom. The van der Waals surface area contributed by atoms with Gasteiger partial charge in [-0.1, -0.05) is 29.8 Å². The largest absolute Gasteiger partial charge is 0.390 e. The van der Waals surface area contributed by atoms with Crippen molar-refractivity contribution in [2.24, 2.45) is 11.1 Å². The quantitative estimate of drug-likeness (QED) is 0.430. The number of rotatable bonds is 3. The van der Waals surface area contributed by atoms with Crippen LogP contribution in [0.15, 0.2) is 48.8 Å². The first kappa shape index (κ1) is 22.9. The number of aliphatic hydroxyl groups excluding tert-OH is 1. The van der Waals surface area contributed by atoms with Gasteiger partial charge in [-0.15, -0.1) is 0 Å². The van der Waals surface area contributed by atoms with E-state index in [2.05, 4.69) is 20.9 Å². The summed E-state index contributed by atoms with van der Waals surface area (Å²) in [5.41, 5.74) is 10.3. The van der Waals surface area contributed by atoms with Gasteiger partial charge in [-0.2, -0.15) is 5.26 Å². The summed E-state index contributed by atoms with van der Waals surface area (Å²) in [4.78, 5) is 11.5. The minimum Gasteiger partial charge on any atom is -0.390 e. The summed E-state index contributed by atoms with van der Waals surface area (Å²) in [6.45, 7) is 1.13. The van der Waals surface area contributed by atoms with Gasteiger partial charge in [0.05, 0.1) is 22.9 Å².